The second-order valence-corrected chi connectivity index (χ2v) is 9.32. The molecule has 0 saturated heterocycles. The van der Waals surface area contributed by atoms with E-state index in [1.807, 2.05) is 37.3 Å². The number of sulfonamides is 1. The third-order valence-electron chi connectivity index (χ3n) is 5.56. The summed E-state index contributed by atoms with van der Waals surface area (Å²) in [6.07, 6.45) is 0.750. The van der Waals surface area contributed by atoms with Gasteiger partial charge in [0.1, 0.15) is 10.9 Å². The topological polar surface area (TPSA) is 104 Å². The van der Waals surface area contributed by atoms with Crippen molar-refractivity contribution >= 4 is 27.7 Å². The summed E-state index contributed by atoms with van der Waals surface area (Å²) in [5.41, 5.74) is 1.13. The van der Waals surface area contributed by atoms with E-state index in [2.05, 4.69) is 5.32 Å². The lowest BCUT2D eigenvalue weighted by molar-refractivity contribution is -0.140. The van der Waals surface area contributed by atoms with Crippen molar-refractivity contribution in [2.24, 2.45) is 0 Å². The Bertz CT molecular complexity index is 1100. The number of hydrogen-bond donors (Lipinski definition) is 1. The number of nitrogens with zero attached hydrogens (tertiary/aromatic N) is 2. The molecule has 0 unspecified atom stereocenters. The lowest BCUT2D eigenvalue weighted by Gasteiger charge is -2.30. The van der Waals surface area contributed by atoms with Crippen LogP contribution in [-0.4, -0.2) is 61.5 Å². The number of likely N-dealkylation sites (N-methyl/N-ethyl adjacent to an activating group) is 1. The minimum Gasteiger partial charge on any atom is -0.357 e. The molecule has 2 aromatic rings. The highest BCUT2D eigenvalue weighted by molar-refractivity contribution is 7.90. The summed E-state index contributed by atoms with van der Waals surface area (Å²) in [6.45, 7) is 1.84. The molecule has 0 spiro atoms. The Balaban J connectivity index is 1.76. The second-order valence-electron chi connectivity index (χ2n) is 7.49. The van der Waals surface area contributed by atoms with Crippen LogP contribution in [0.25, 0.3) is 0 Å². The van der Waals surface area contributed by atoms with E-state index in [1.54, 1.807) is 12.1 Å². The molecule has 1 N–H and O–H groups in total. The van der Waals surface area contributed by atoms with Crippen molar-refractivity contribution in [3.05, 3.63) is 65.7 Å². The van der Waals surface area contributed by atoms with Crippen LogP contribution in [0.1, 0.15) is 35.7 Å². The standard InChI is InChI=1S/C23H27N3O5S/c1-3-19(22(28)24-2)25(15-13-17-9-5-4-6-10-17)21(27)14-16-26-23(29)18-11-7-8-12-20(18)32(26,30)31/h4-12,19H,3,13-16H2,1-2H3,(H,24,28)/t19-/m1/s1. The molecule has 0 aliphatic carbocycles. The van der Waals surface area contributed by atoms with Crippen molar-refractivity contribution in [1.82, 2.24) is 14.5 Å². The van der Waals surface area contributed by atoms with Crippen LogP contribution in [0, 0.1) is 0 Å². The molecular formula is C23H27N3O5S. The number of benzene rings is 2. The Kier molecular flexibility index (Phi) is 7.29. The van der Waals surface area contributed by atoms with E-state index in [0.717, 1.165) is 9.87 Å². The summed E-state index contributed by atoms with van der Waals surface area (Å²) < 4.78 is 26.2. The molecule has 0 aromatic heterocycles. The summed E-state index contributed by atoms with van der Waals surface area (Å²) in [7, 11) is -2.47. The van der Waals surface area contributed by atoms with Crippen LogP contribution in [0.4, 0.5) is 0 Å². The number of rotatable bonds is 9. The quantitative estimate of drug-likeness (QED) is 0.619. The summed E-state index contributed by atoms with van der Waals surface area (Å²) >= 11 is 0. The first-order valence-corrected chi connectivity index (χ1v) is 12.0. The predicted octanol–water partition coefficient (Wildman–Crippen LogP) is 1.82. The molecule has 2 aromatic carbocycles. The number of carbonyl (C=O) groups is 3. The third-order valence-corrected chi connectivity index (χ3v) is 7.40. The van der Waals surface area contributed by atoms with Gasteiger partial charge >= 0.3 is 0 Å². The fourth-order valence-electron chi connectivity index (χ4n) is 3.86. The van der Waals surface area contributed by atoms with Crippen LogP contribution in [0.15, 0.2) is 59.5 Å². The molecular weight excluding hydrogens is 430 g/mol. The molecule has 1 heterocycles. The van der Waals surface area contributed by atoms with Gasteiger partial charge < -0.3 is 10.2 Å². The van der Waals surface area contributed by atoms with E-state index in [4.69, 9.17) is 0 Å². The average Bonchev–Trinajstić information content (AvgIpc) is 3.00. The first-order valence-electron chi connectivity index (χ1n) is 10.5. The smallest absolute Gasteiger partial charge is 0.269 e. The van der Waals surface area contributed by atoms with Gasteiger partial charge in [-0.3, -0.25) is 14.4 Å². The molecule has 9 heteroatoms. The zero-order valence-corrected chi connectivity index (χ0v) is 19.0. The number of amides is 3. The van der Waals surface area contributed by atoms with Crippen molar-refractivity contribution in [3.8, 4) is 0 Å². The Morgan fingerprint density at radius 2 is 1.72 bits per heavy atom. The van der Waals surface area contributed by atoms with Gasteiger partial charge in [-0.05, 0) is 30.5 Å². The van der Waals surface area contributed by atoms with Gasteiger partial charge in [0.25, 0.3) is 15.9 Å². The van der Waals surface area contributed by atoms with Crippen LogP contribution in [0.5, 0.6) is 0 Å². The molecule has 3 amide bonds. The van der Waals surface area contributed by atoms with E-state index in [0.29, 0.717) is 19.4 Å². The van der Waals surface area contributed by atoms with E-state index < -0.39 is 22.0 Å². The molecule has 32 heavy (non-hydrogen) atoms. The van der Waals surface area contributed by atoms with Gasteiger partial charge in [0, 0.05) is 26.6 Å². The number of fused-ring (bicyclic) bond motifs is 1. The number of hydrogen-bond acceptors (Lipinski definition) is 5. The van der Waals surface area contributed by atoms with Crippen molar-refractivity contribution in [3.63, 3.8) is 0 Å². The molecule has 1 aliphatic rings. The molecule has 0 saturated carbocycles. The first kappa shape index (κ1) is 23.5. The lowest BCUT2D eigenvalue weighted by Crippen LogP contribution is -2.50. The molecule has 1 aliphatic heterocycles. The van der Waals surface area contributed by atoms with Gasteiger partial charge in [0.15, 0.2) is 0 Å². The van der Waals surface area contributed by atoms with Gasteiger partial charge in [0.2, 0.25) is 11.8 Å². The monoisotopic (exact) mass is 457 g/mol. The van der Waals surface area contributed by atoms with E-state index in [9.17, 15) is 22.8 Å². The third kappa shape index (κ3) is 4.67. The maximum atomic E-state index is 13.1. The van der Waals surface area contributed by atoms with Crippen LogP contribution < -0.4 is 5.32 Å². The summed E-state index contributed by atoms with van der Waals surface area (Å²) in [5, 5.41) is 2.59. The average molecular weight is 458 g/mol. The fraction of sp³-hybridized carbons (Fsp3) is 0.348. The molecule has 8 nitrogen and oxygen atoms in total. The van der Waals surface area contributed by atoms with Crippen LogP contribution in [0.3, 0.4) is 0 Å². The second kappa shape index (κ2) is 9.95. The highest BCUT2D eigenvalue weighted by atomic mass is 32.2. The first-order chi connectivity index (χ1) is 15.3. The Hall–Kier alpha value is -3.20. The summed E-state index contributed by atoms with van der Waals surface area (Å²) in [6, 6.07) is 14.9. The van der Waals surface area contributed by atoms with E-state index >= 15 is 0 Å². The van der Waals surface area contributed by atoms with Crippen molar-refractivity contribution in [2.45, 2.75) is 37.1 Å². The fourth-order valence-corrected chi connectivity index (χ4v) is 5.43. The lowest BCUT2D eigenvalue weighted by atomic mass is 10.1. The van der Waals surface area contributed by atoms with Crippen molar-refractivity contribution < 1.29 is 22.8 Å². The molecule has 0 radical (unpaired) electrons. The van der Waals surface area contributed by atoms with Crippen LogP contribution in [-0.2, 0) is 26.0 Å². The van der Waals surface area contributed by atoms with Gasteiger partial charge in [-0.1, -0.05) is 49.4 Å². The summed E-state index contributed by atoms with van der Waals surface area (Å²) in [5.74, 6) is -1.30. The number of carbonyl (C=O) groups excluding carboxylic acids is 3. The molecule has 1 atom stereocenters. The van der Waals surface area contributed by atoms with Gasteiger partial charge in [0.05, 0.1) is 5.56 Å². The minimum atomic E-state index is -3.99. The Labute approximate surface area is 188 Å². The maximum Gasteiger partial charge on any atom is 0.269 e. The van der Waals surface area contributed by atoms with E-state index in [-0.39, 0.29) is 35.2 Å². The summed E-state index contributed by atoms with van der Waals surface area (Å²) in [4.78, 5) is 39.6. The predicted molar refractivity (Wildman–Crippen MR) is 119 cm³/mol. The SMILES string of the molecule is CC[C@H](C(=O)NC)N(CCc1ccccc1)C(=O)CCN1C(=O)c2ccccc2S1(=O)=O. The van der Waals surface area contributed by atoms with E-state index in [1.165, 1.54) is 24.1 Å². The normalized spacial score (nSPS) is 15.2. The molecule has 3 rings (SSSR count). The molecule has 0 bridgehead atoms. The minimum absolute atomic E-state index is 0.0461. The van der Waals surface area contributed by atoms with Crippen molar-refractivity contribution in [1.29, 1.82) is 0 Å². The van der Waals surface area contributed by atoms with Crippen LogP contribution >= 0.6 is 0 Å². The highest BCUT2D eigenvalue weighted by Gasteiger charge is 2.41. The molecule has 0 fully saturated rings. The van der Waals surface area contributed by atoms with Gasteiger partial charge in [-0.25, -0.2) is 12.7 Å². The highest BCUT2D eigenvalue weighted by Crippen LogP contribution is 2.30. The molecule has 170 valence electrons. The number of nitrogens with one attached hydrogen (secondary N) is 1. The zero-order valence-electron chi connectivity index (χ0n) is 18.2. The van der Waals surface area contributed by atoms with Crippen LogP contribution in [0.2, 0.25) is 0 Å². The Morgan fingerprint density at radius 3 is 2.34 bits per heavy atom. The largest absolute Gasteiger partial charge is 0.357 e. The maximum absolute atomic E-state index is 13.1. The van der Waals surface area contributed by atoms with Gasteiger partial charge in [-0.2, -0.15) is 0 Å². The Morgan fingerprint density at radius 1 is 1.06 bits per heavy atom. The zero-order chi connectivity index (χ0) is 23.3. The van der Waals surface area contributed by atoms with Crippen molar-refractivity contribution in [2.75, 3.05) is 20.1 Å². The van der Waals surface area contributed by atoms with Gasteiger partial charge in [-0.15, -0.1) is 0 Å².